The SMILES string of the molecule is CCC(C)(C)C(=O)OC1CCC(C(OC(=O)OC(C)(C)C)(C(F)(F)F)C(F)(F)F)CC1. The lowest BCUT2D eigenvalue weighted by molar-refractivity contribution is -0.388. The van der Waals surface area contributed by atoms with Crippen LogP contribution in [0.2, 0.25) is 0 Å². The Hall–Kier alpha value is -1.68. The van der Waals surface area contributed by atoms with Crippen molar-refractivity contribution < 1.29 is 50.1 Å². The molecule has 0 spiro atoms. The van der Waals surface area contributed by atoms with Crippen LogP contribution in [-0.4, -0.2) is 41.8 Å². The van der Waals surface area contributed by atoms with Crippen LogP contribution in [0.3, 0.4) is 0 Å². The Morgan fingerprint density at radius 2 is 1.26 bits per heavy atom. The molecular weight excluding hydrogens is 434 g/mol. The Morgan fingerprint density at radius 1 is 0.806 bits per heavy atom. The third-order valence-electron chi connectivity index (χ3n) is 5.44. The van der Waals surface area contributed by atoms with Gasteiger partial charge in [-0.3, -0.25) is 4.79 Å². The fourth-order valence-corrected chi connectivity index (χ4v) is 3.27. The van der Waals surface area contributed by atoms with E-state index in [1.165, 1.54) is 20.8 Å². The maximum atomic E-state index is 13.8. The molecule has 11 heteroatoms. The summed E-state index contributed by atoms with van der Waals surface area (Å²) in [5.74, 6) is -2.67. The van der Waals surface area contributed by atoms with Crippen molar-refractivity contribution in [1.82, 2.24) is 0 Å². The van der Waals surface area contributed by atoms with Crippen molar-refractivity contribution in [3.05, 3.63) is 0 Å². The lowest BCUT2D eigenvalue weighted by atomic mass is 9.74. The fourth-order valence-electron chi connectivity index (χ4n) is 3.27. The van der Waals surface area contributed by atoms with Crippen molar-refractivity contribution in [2.24, 2.45) is 11.3 Å². The lowest BCUT2D eigenvalue weighted by Gasteiger charge is -2.44. The zero-order valence-electron chi connectivity index (χ0n) is 18.5. The second-order valence-electron chi connectivity index (χ2n) is 9.41. The molecule has 0 N–H and O–H groups in total. The molecule has 0 bridgehead atoms. The molecule has 5 nitrogen and oxygen atoms in total. The predicted octanol–water partition coefficient (Wildman–Crippen LogP) is 6.34. The van der Waals surface area contributed by atoms with Crippen molar-refractivity contribution in [3.8, 4) is 0 Å². The summed E-state index contributed by atoms with van der Waals surface area (Å²) in [5, 5.41) is 0. The molecule has 1 fully saturated rings. The van der Waals surface area contributed by atoms with Crippen LogP contribution in [0, 0.1) is 11.3 Å². The number of esters is 1. The standard InChI is InChI=1S/C20H30F6O5/c1-7-17(5,6)14(27)29-13-10-8-12(9-11-13)18(19(21,22)23,20(24,25)26)31-15(28)30-16(2,3)4/h12-13H,7-11H2,1-6H3. The van der Waals surface area contributed by atoms with E-state index >= 15 is 0 Å². The van der Waals surface area contributed by atoms with E-state index in [1.54, 1.807) is 20.8 Å². The van der Waals surface area contributed by atoms with Gasteiger partial charge in [-0.25, -0.2) is 4.79 Å². The van der Waals surface area contributed by atoms with Gasteiger partial charge in [-0.1, -0.05) is 6.92 Å². The second kappa shape index (κ2) is 9.05. The highest BCUT2D eigenvalue weighted by molar-refractivity contribution is 5.76. The minimum absolute atomic E-state index is 0.220. The highest BCUT2D eigenvalue weighted by atomic mass is 19.4. The maximum Gasteiger partial charge on any atom is 0.510 e. The van der Waals surface area contributed by atoms with Crippen molar-refractivity contribution in [2.75, 3.05) is 0 Å². The van der Waals surface area contributed by atoms with Gasteiger partial charge in [0, 0.05) is 5.92 Å². The van der Waals surface area contributed by atoms with Gasteiger partial charge in [-0.15, -0.1) is 0 Å². The van der Waals surface area contributed by atoms with Crippen LogP contribution in [-0.2, 0) is 19.0 Å². The van der Waals surface area contributed by atoms with Gasteiger partial charge in [0.1, 0.15) is 11.7 Å². The highest BCUT2D eigenvalue weighted by Crippen LogP contribution is 2.54. The zero-order valence-corrected chi connectivity index (χ0v) is 18.5. The van der Waals surface area contributed by atoms with Crippen LogP contribution in [0.25, 0.3) is 0 Å². The topological polar surface area (TPSA) is 61.8 Å². The Bertz CT molecular complexity index is 626. The predicted molar refractivity (Wildman–Crippen MR) is 98.1 cm³/mol. The number of carbonyl (C=O) groups excluding carboxylic acids is 2. The Morgan fingerprint density at radius 3 is 1.61 bits per heavy atom. The van der Waals surface area contributed by atoms with Crippen molar-refractivity contribution in [1.29, 1.82) is 0 Å². The van der Waals surface area contributed by atoms with E-state index in [2.05, 4.69) is 9.47 Å². The quantitative estimate of drug-likeness (QED) is 0.351. The van der Waals surface area contributed by atoms with Crippen LogP contribution >= 0.6 is 0 Å². The van der Waals surface area contributed by atoms with Crippen LogP contribution in [0.4, 0.5) is 31.1 Å². The summed E-state index contributed by atoms with van der Waals surface area (Å²) in [6, 6.07) is 0. The van der Waals surface area contributed by atoms with Crippen molar-refractivity contribution in [2.45, 2.75) is 103 Å². The molecule has 0 aromatic rings. The number of hydrogen-bond acceptors (Lipinski definition) is 5. The molecule has 0 saturated heterocycles. The molecule has 0 amide bonds. The van der Waals surface area contributed by atoms with Crippen molar-refractivity contribution in [3.63, 3.8) is 0 Å². The summed E-state index contributed by atoms with van der Waals surface area (Å²) in [4.78, 5) is 24.0. The first kappa shape index (κ1) is 27.4. The van der Waals surface area contributed by atoms with Gasteiger partial charge < -0.3 is 14.2 Å². The van der Waals surface area contributed by atoms with E-state index in [0.29, 0.717) is 6.42 Å². The molecular formula is C20H30F6O5. The fraction of sp³-hybridized carbons (Fsp3) is 0.900. The van der Waals surface area contributed by atoms with Crippen LogP contribution in [0.5, 0.6) is 0 Å². The molecule has 0 atom stereocenters. The maximum absolute atomic E-state index is 13.8. The van der Waals surface area contributed by atoms with Gasteiger partial charge in [0.25, 0.3) is 0 Å². The molecule has 0 heterocycles. The smallest absolute Gasteiger partial charge is 0.462 e. The molecule has 1 saturated carbocycles. The molecule has 0 aromatic carbocycles. The van der Waals surface area contributed by atoms with E-state index in [4.69, 9.17) is 4.74 Å². The van der Waals surface area contributed by atoms with Gasteiger partial charge in [-0.05, 0) is 66.7 Å². The molecule has 182 valence electrons. The molecule has 0 radical (unpaired) electrons. The molecule has 0 aliphatic heterocycles. The molecule has 1 rings (SSSR count). The molecule has 1 aliphatic carbocycles. The first-order chi connectivity index (χ1) is 13.8. The summed E-state index contributed by atoms with van der Waals surface area (Å²) < 4.78 is 96.8. The van der Waals surface area contributed by atoms with E-state index in [9.17, 15) is 35.9 Å². The Labute approximate surface area is 177 Å². The van der Waals surface area contributed by atoms with Crippen LogP contribution in [0.1, 0.15) is 73.6 Å². The van der Waals surface area contributed by atoms with Gasteiger partial charge in [0.05, 0.1) is 5.41 Å². The van der Waals surface area contributed by atoms with E-state index in [0.717, 1.165) is 0 Å². The number of halogens is 6. The lowest BCUT2D eigenvalue weighted by Crippen LogP contribution is -2.65. The first-order valence-corrected chi connectivity index (χ1v) is 10.0. The number of carbonyl (C=O) groups is 2. The second-order valence-corrected chi connectivity index (χ2v) is 9.41. The van der Waals surface area contributed by atoms with Gasteiger partial charge >= 0.3 is 30.1 Å². The summed E-state index contributed by atoms with van der Waals surface area (Å²) in [6.45, 7) is 8.88. The van der Waals surface area contributed by atoms with E-state index in [-0.39, 0.29) is 12.8 Å². The summed E-state index contributed by atoms with van der Waals surface area (Å²) >= 11 is 0. The molecule has 0 unspecified atom stereocenters. The number of rotatable bonds is 5. The highest BCUT2D eigenvalue weighted by Gasteiger charge is 2.77. The van der Waals surface area contributed by atoms with E-state index in [1.807, 2.05) is 0 Å². The minimum atomic E-state index is -5.93. The molecule has 31 heavy (non-hydrogen) atoms. The average molecular weight is 464 g/mol. The largest absolute Gasteiger partial charge is 0.510 e. The number of ether oxygens (including phenoxy) is 3. The van der Waals surface area contributed by atoms with Crippen molar-refractivity contribution >= 4 is 12.1 Å². The number of hydrogen-bond donors (Lipinski definition) is 0. The third kappa shape index (κ3) is 6.41. The van der Waals surface area contributed by atoms with Gasteiger partial charge in [0.15, 0.2) is 0 Å². The molecule has 0 aromatic heterocycles. The summed E-state index contributed by atoms with van der Waals surface area (Å²) in [5.41, 5.74) is -6.89. The van der Waals surface area contributed by atoms with Gasteiger partial charge in [-0.2, -0.15) is 26.3 Å². The van der Waals surface area contributed by atoms with E-state index < -0.39 is 66.0 Å². The third-order valence-corrected chi connectivity index (χ3v) is 5.44. The average Bonchev–Trinajstić information content (AvgIpc) is 2.56. The Balaban J connectivity index is 3.12. The van der Waals surface area contributed by atoms with Crippen LogP contribution in [0.15, 0.2) is 0 Å². The summed E-state index contributed by atoms with van der Waals surface area (Å²) in [7, 11) is 0. The van der Waals surface area contributed by atoms with Gasteiger partial charge in [0.2, 0.25) is 0 Å². The Kier molecular flexibility index (Phi) is 7.99. The minimum Gasteiger partial charge on any atom is -0.462 e. The normalized spacial score (nSPS) is 21.4. The number of alkyl halides is 6. The monoisotopic (exact) mass is 464 g/mol. The van der Waals surface area contributed by atoms with Crippen LogP contribution < -0.4 is 0 Å². The summed E-state index contributed by atoms with van der Waals surface area (Å²) in [6.07, 6.45) is -15.9. The first-order valence-electron chi connectivity index (χ1n) is 10.0. The zero-order chi connectivity index (χ0) is 24.5. The molecule has 1 aliphatic rings.